The molecule has 0 aliphatic heterocycles. The zero-order valence-corrected chi connectivity index (χ0v) is 24.6. The van der Waals surface area contributed by atoms with E-state index in [4.69, 9.17) is 4.74 Å². The maximum absolute atomic E-state index is 12.8. The predicted molar refractivity (Wildman–Crippen MR) is 146 cm³/mol. The molecule has 1 amide bonds. The van der Waals surface area contributed by atoms with E-state index in [1.54, 1.807) is 7.05 Å². The van der Waals surface area contributed by atoms with Crippen LogP contribution in [0.15, 0.2) is 11.6 Å². The fourth-order valence-corrected chi connectivity index (χ4v) is 11.0. The van der Waals surface area contributed by atoms with Crippen LogP contribution < -0.4 is 5.32 Å². The molecule has 4 saturated carbocycles. The van der Waals surface area contributed by atoms with E-state index in [0.29, 0.717) is 11.8 Å². The number of carboxylic acid groups (broad SMARTS) is 1. The summed E-state index contributed by atoms with van der Waals surface area (Å²) in [5.41, 5.74) is 1.39. The summed E-state index contributed by atoms with van der Waals surface area (Å²) in [4.78, 5) is 25.0. The van der Waals surface area contributed by atoms with Crippen LogP contribution in [-0.2, 0) is 9.53 Å². The summed E-state index contributed by atoms with van der Waals surface area (Å²) in [5, 5.41) is 13.2. The summed E-state index contributed by atoms with van der Waals surface area (Å²) in [6, 6.07) is 0. The van der Waals surface area contributed by atoms with E-state index in [1.807, 2.05) is 0 Å². The molecule has 0 heterocycles. The van der Waals surface area contributed by atoms with Gasteiger partial charge in [-0.15, -0.1) is 0 Å². The molecule has 5 heteroatoms. The Morgan fingerprint density at radius 2 is 1.59 bits per heavy atom. The van der Waals surface area contributed by atoms with Gasteiger partial charge in [0.2, 0.25) is 0 Å². The highest BCUT2D eigenvalue weighted by Crippen LogP contribution is 2.75. The molecule has 5 nitrogen and oxygen atoms in total. The van der Waals surface area contributed by atoms with E-state index in [9.17, 15) is 14.7 Å². The number of hydrogen-bond acceptors (Lipinski definition) is 3. The number of carbonyl (C=O) groups is 2. The predicted octanol–water partition coefficient (Wildman–Crippen LogP) is 7.60. The Morgan fingerprint density at radius 3 is 2.24 bits per heavy atom. The van der Waals surface area contributed by atoms with Gasteiger partial charge in [0.1, 0.15) is 6.10 Å². The Bertz CT molecular complexity index is 1010. The van der Waals surface area contributed by atoms with Gasteiger partial charge in [-0.05, 0) is 104 Å². The van der Waals surface area contributed by atoms with Gasteiger partial charge in [-0.25, -0.2) is 4.79 Å². The van der Waals surface area contributed by atoms with Crippen molar-refractivity contribution < 1.29 is 19.4 Å². The zero-order valence-electron chi connectivity index (χ0n) is 24.6. The normalized spacial score (nSPS) is 47.7. The molecule has 0 spiro atoms. The lowest BCUT2D eigenvalue weighted by molar-refractivity contribution is -0.205. The number of hydrogen-bond donors (Lipinski definition) is 2. The molecule has 5 aliphatic rings. The molecule has 0 aromatic rings. The second kappa shape index (κ2) is 8.24. The number of ether oxygens (including phenoxy) is 1. The third kappa shape index (κ3) is 3.53. The van der Waals surface area contributed by atoms with Crippen molar-refractivity contribution in [2.75, 3.05) is 7.05 Å². The molecule has 0 saturated heterocycles. The first-order valence-electron chi connectivity index (χ1n) is 14.9. The molecule has 37 heavy (non-hydrogen) atoms. The highest BCUT2D eigenvalue weighted by molar-refractivity contribution is 5.76. The average molecular weight is 514 g/mol. The smallest absolute Gasteiger partial charge is 0.407 e. The molecule has 8 atom stereocenters. The number of aliphatic carboxylic acids is 1. The van der Waals surface area contributed by atoms with Gasteiger partial charge in [0, 0.05) is 12.5 Å². The minimum atomic E-state index is -0.581. The fourth-order valence-electron chi connectivity index (χ4n) is 11.0. The van der Waals surface area contributed by atoms with Gasteiger partial charge >= 0.3 is 12.1 Å². The molecule has 0 radical (unpaired) electrons. The lowest BCUT2D eigenvalue weighted by atomic mass is 9.33. The van der Waals surface area contributed by atoms with E-state index in [-0.39, 0.29) is 45.2 Å². The van der Waals surface area contributed by atoms with E-state index in [2.05, 4.69) is 59.9 Å². The van der Waals surface area contributed by atoms with Crippen molar-refractivity contribution in [3.63, 3.8) is 0 Å². The zero-order chi connectivity index (χ0) is 27.2. The van der Waals surface area contributed by atoms with Crippen molar-refractivity contribution in [2.45, 2.75) is 119 Å². The number of allylic oxidation sites excluding steroid dienone is 2. The van der Waals surface area contributed by atoms with Crippen molar-refractivity contribution in [1.29, 1.82) is 0 Å². The summed E-state index contributed by atoms with van der Waals surface area (Å²) in [5.74, 6) is 0.649. The maximum atomic E-state index is 12.8. The molecular formula is C32H51NO4. The quantitative estimate of drug-likeness (QED) is 0.373. The first kappa shape index (κ1) is 27.1. The van der Waals surface area contributed by atoms with E-state index in [1.165, 1.54) is 5.57 Å². The summed E-state index contributed by atoms with van der Waals surface area (Å²) in [6.07, 6.45) is 12.1. The Kier molecular flexibility index (Phi) is 6.03. The summed E-state index contributed by atoms with van der Waals surface area (Å²) in [7, 11) is 1.64. The maximum Gasteiger partial charge on any atom is 0.407 e. The molecule has 3 unspecified atom stereocenters. The molecule has 5 rings (SSSR count). The van der Waals surface area contributed by atoms with Gasteiger partial charge in [0.25, 0.3) is 0 Å². The number of carbonyl (C=O) groups excluding carboxylic acids is 1. The topological polar surface area (TPSA) is 75.6 Å². The van der Waals surface area contributed by atoms with E-state index >= 15 is 0 Å². The number of rotatable bonds is 2. The van der Waals surface area contributed by atoms with Gasteiger partial charge in [0.05, 0.1) is 5.41 Å². The van der Waals surface area contributed by atoms with Gasteiger partial charge in [-0.3, -0.25) is 4.79 Å². The Labute approximate surface area is 224 Å². The van der Waals surface area contributed by atoms with E-state index in [0.717, 1.165) is 64.2 Å². The van der Waals surface area contributed by atoms with Crippen molar-refractivity contribution in [2.24, 2.45) is 50.2 Å². The molecule has 4 fully saturated rings. The number of alkyl carbamates (subject to hydrolysis) is 1. The van der Waals surface area contributed by atoms with Crippen molar-refractivity contribution in [1.82, 2.24) is 5.32 Å². The molecule has 208 valence electrons. The Hall–Kier alpha value is -1.52. The average Bonchev–Trinajstić information content (AvgIpc) is 2.80. The number of carboxylic acids is 1. The van der Waals surface area contributed by atoms with Crippen LogP contribution in [0.5, 0.6) is 0 Å². The van der Waals surface area contributed by atoms with Crippen molar-refractivity contribution in [3.05, 3.63) is 11.6 Å². The standard InChI is InChI=1S/C32H51NO4/c1-27(2)15-17-32(25(34)35)18-16-30(6)20(21(32)19-27)9-10-23-29(5)13-12-24(37-26(36)33-8)28(3,4)22(29)11-14-31(23,30)7/h9,21-24H,10-19H2,1-8H3,(H,33,36)(H,34,35)/t21?,22?,23?,24-,29+,30-,31-,32+/m1/s1. The van der Waals surface area contributed by atoms with Gasteiger partial charge in [0.15, 0.2) is 0 Å². The van der Waals surface area contributed by atoms with Crippen LogP contribution in [0, 0.1) is 50.2 Å². The Balaban J connectivity index is 1.53. The first-order valence-corrected chi connectivity index (χ1v) is 14.9. The van der Waals surface area contributed by atoms with Crippen LogP contribution >= 0.6 is 0 Å². The minimum Gasteiger partial charge on any atom is -0.481 e. The van der Waals surface area contributed by atoms with Crippen LogP contribution in [0.4, 0.5) is 4.79 Å². The van der Waals surface area contributed by atoms with Crippen LogP contribution in [0.25, 0.3) is 0 Å². The SMILES string of the molecule is CNC(=O)O[C@@H]1CC[C@@]2(C)C(CC[C@]3(C)C2CC=C2C4CC(C)(C)CC[C@]4(C(=O)O)CC[C@]23C)C1(C)C. The summed E-state index contributed by atoms with van der Waals surface area (Å²) in [6.45, 7) is 16.9. The number of amides is 1. The monoisotopic (exact) mass is 513 g/mol. The summed E-state index contributed by atoms with van der Waals surface area (Å²) < 4.78 is 5.91. The van der Waals surface area contributed by atoms with Crippen LogP contribution in [0.3, 0.4) is 0 Å². The van der Waals surface area contributed by atoms with Crippen molar-refractivity contribution in [3.8, 4) is 0 Å². The highest BCUT2D eigenvalue weighted by Gasteiger charge is 2.69. The minimum absolute atomic E-state index is 0.0422. The third-order valence-electron chi connectivity index (χ3n) is 13.5. The molecule has 2 N–H and O–H groups in total. The molecule has 0 aromatic carbocycles. The molecule has 0 bridgehead atoms. The second-order valence-electron chi connectivity index (χ2n) is 15.7. The fraction of sp³-hybridized carbons (Fsp3) is 0.875. The van der Waals surface area contributed by atoms with Gasteiger partial charge < -0.3 is 15.2 Å². The van der Waals surface area contributed by atoms with E-state index < -0.39 is 11.4 Å². The lowest BCUT2D eigenvalue weighted by Crippen LogP contribution is -2.65. The van der Waals surface area contributed by atoms with Crippen LogP contribution in [0.1, 0.15) is 113 Å². The highest BCUT2D eigenvalue weighted by atomic mass is 16.6. The third-order valence-corrected chi connectivity index (χ3v) is 13.5. The Morgan fingerprint density at radius 1 is 0.919 bits per heavy atom. The molecule has 5 aliphatic carbocycles. The summed E-state index contributed by atoms with van der Waals surface area (Å²) >= 11 is 0. The lowest BCUT2D eigenvalue weighted by Gasteiger charge is -2.71. The molecule has 0 aromatic heterocycles. The van der Waals surface area contributed by atoms with Crippen LogP contribution in [0.2, 0.25) is 0 Å². The van der Waals surface area contributed by atoms with Gasteiger partial charge in [-0.2, -0.15) is 0 Å². The largest absolute Gasteiger partial charge is 0.481 e. The molecular weight excluding hydrogens is 462 g/mol. The second-order valence-corrected chi connectivity index (χ2v) is 15.7. The van der Waals surface area contributed by atoms with Gasteiger partial charge in [-0.1, -0.05) is 60.1 Å². The number of fused-ring (bicyclic) bond motifs is 7. The van der Waals surface area contributed by atoms with Crippen molar-refractivity contribution >= 4 is 12.1 Å². The number of nitrogens with one attached hydrogen (secondary N) is 1. The first-order chi connectivity index (χ1) is 17.1. The van der Waals surface area contributed by atoms with Crippen LogP contribution in [-0.4, -0.2) is 30.3 Å².